The summed E-state index contributed by atoms with van der Waals surface area (Å²) in [7, 11) is 4.73. The number of carbonyl (C=O) groups is 1. The molecule has 1 heterocycles. The third kappa shape index (κ3) is 4.28. The molecule has 29 heavy (non-hydrogen) atoms. The van der Waals surface area contributed by atoms with E-state index in [1.165, 1.54) is 6.07 Å². The van der Waals surface area contributed by atoms with E-state index in [4.69, 9.17) is 37.4 Å². The standard InChI is InChI=1S/C21H20Cl2FNO4/c1-27-13-8-18(28-2)20(19(9-13)29-3)12-4-6-25(7-5-12)21(26)14-10-17(24)16(23)11-15(14)22/h4,8-11H,5-7H2,1-3H3. The maximum absolute atomic E-state index is 13.8. The number of hydrogen-bond donors (Lipinski definition) is 0. The zero-order chi connectivity index (χ0) is 21.1. The predicted octanol–water partition coefficient (Wildman–Crippen LogP) is 5.09. The van der Waals surface area contributed by atoms with E-state index in [0.717, 1.165) is 17.2 Å². The van der Waals surface area contributed by atoms with Gasteiger partial charge in [0.2, 0.25) is 0 Å². The van der Waals surface area contributed by atoms with Crippen molar-refractivity contribution in [3.63, 3.8) is 0 Å². The Balaban J connectivity index is 1.88. The molecule has 0 bridgehead atoms. The number of benzene rings is 2. The normalized spacial score (nSPS) is 13.7. The predicted molar refractivity (Wildman–Crippen MR) is 111 cm³/mol. The number of rotatable bonds is 5. The van der Waals surface area contributed by atoms with E-state index in [0.29, 0.717) is 36.8 Å². The summed E-state index contributed by atoms with van der Waals surface area (Å²) < 4.78 is 30.1. The summed E-state index contributed by atoms with van der Waals surface area (Å²) in [5, 5.41) is 0.000687. The lowest BCUT2D eigenvalue weighted by Gasteiger charge is -2.28. The molecule has 0 atom stereocenters. The van der Waals surface area contributed by atoms with Crippen LogP contribution in [0.5, 0.6) is 17.2 Å². The van der Waals surface area contributed by atoms with Crippen LogP contribution < -0.4 is 14.2 Å². The summed E-state index contributed by atoms with van der Waals surface area (Å²) in [6.07, 6.45) is 2.49. The molecule has 0 fully saturated rings. The van der Waals surface area contributed by atoms with Crippen molar-refractivity contribution in [1.82, 2.24) is 4.90 Å². The van der Waals surface area contributed by atoms with E-state index >= 15 is 0 Å². The van der Waals surface area contributed by atoms with Crippen molar-refractivity contribution in [2.75, 3.05) is 34.4 Å². The summed E-state index contributed by atoms with van der Waals surface area (Å²) in [6.45, 7) is 0.774. The molecular formula is C21H20Cl2FNO4. The highest BCUT2D eigenvalue weighted by molar-refractivity contribution is 6.36. The van der Waals surface area contributed by atoms with E-state index in [-0.39, 0.29) is 21.5 Å². The Morgan fingerprint density at radius 2 is 1.66 bits per heavy atom. The van der Waals surface area contributed by atoms with Gasteiger partial charge < -0.3 is 19.1 Å². The van der Waals surface area contributed by atoms with Crippen LogP contribution in [0.3, 0.4) is 0 Å². The Morgan fingerprint density at radius 3 is 2.17 bits per heavy atom. The average Bonchev–Trinajstić information content (AvgIpc) is 2.74. The lowest BCUT2D eigenvalue weighted by molar-refractivity contribution is 0.0772. The molecule has 1 amide bonds. The van der Waals surface area contributed by atoms with Gasteiger partial charge in [-0.2, -0.15) is 0 Å². The summed E-state index contributed by atoms with van der Waals surface area (Å²) in [5.74, 6) is 0.829. The minimum Gasteiger partial charge on any atom is -0.496 e. The fourth-order valence-electron chi connectivity index (χ4n) is 3.26. The molecule has 1 aliphatic rings. The Kier molecular flexibility index (Phi) is 6.55. The SMILES string of the molecule is COc1cc(OC)c(C2=CCN(C(=O)c3cc(F)c(Cl)cc3Cl)CC2)c(OC)c1. The van der Waals surface area contributed by atoms with Gasteiger partial charge in [0.1, 0.15) is 23.1 Å². The molecule has 2 aromatic rings. The quantitative estimate of drug-likeness (QED) is 0.608. The zero-order valence-corrected chi connectivity index (χ0v) is 17.7. The van der Waals surface area contributed by atoms with Gasteiger partial charge in [0.25, 0.3) is 5.91 Å². The van der Waals surface area contributed by atoms with Crippen molar-refractivity contribution in [3.8, 4) is 17.2 Å². The summed E-state index contributed by atoms with van der Waals surface area (Å²) >= 11 is 11.8. The molecule has 1 aliphatic heterocycles. The third-order valence-corrected chi connectivity index (χ3v) is 5.38. The van der Waals surface area contributed by atoms with Crippen LogP contribution in [-0.2, 0) is 0 Å². The van der Waals surface area contributed by atoms with E-state index in [2.05, 4.69) is 0 Å². The Bertz CT molecular complexity index is 952. The minimum absolute atomic E-state index is 0.0880. The number of methoxy groups -OCH3 is 3. The van der Waals surface area contributed by atoms with Crippen LogP contribution in [-0.4, -0.2) is 45.2 Å². The van der Waals surface area contributed by atoms with Gasteiger partial charge in [0, 0.05) is 25.2 Å². The number of ether oxygens (including phenoxy) is 3. The minimum atomic E-state index is -0.680. The van der Waals surface area contributed by atoms with Crippen molar-refractivity contribution < 1.29 is 23.4 Å². The number of halogens is 3. The molecule has 0 aliphatic carbocycles. The third-order valence-electron chi connectivity index (χ3n) is 4.77. The number of amides is 1. The lowest BCUT2D eigenvalue weighted by Crippen LogP contribution is -2.35. The van der Waals surface area contributed by atoms with Crippen LogP contribution >= 0.6 is 23.2 Å². The van der Waals surface area contributed by atoms with E-state index in [9.17, 15) is 9.18 Å². The van der Waals surface area contributed by atoms with E-state index in [1.54, 1.807) is 38.4 Å². The van der Waals surface area contributed by atoms with Gasteiger partial charge in [-0.15, -0.1) is 0 Å². The van der Waals surface area contributed by atoms with Crippen LogP contribution in [0.1, 0.15) is 22.3 Å². The zero-order valence-electron chi connectivity index (χ0n) is 16.2. The molecule has 0 saturated heterocycles. The maximum atomic E-state index is 13.8. The highest BCUT2D eigenvalue weighted by Gasteiger charge is 2.25. The van der Waals surface area contributed by atoms with Gasteiger partial charge in [0.05, 0.1) is 42.5 Å². The summed E-state index contributed by atoms with van der Waals surface area (Å²) in [6, 6.07) is 5.88. The van der Waals surface area contributed by atoms with Crippen molar-refractivity contribution >= 4 is 34.7 Å². The highest BCUT2D eigenvalue weighted by Crippen LogP contribution is 2.41. The first-order chi connectivity index (χ1) is 13.9. The van der Waals surface area contributed by atoms with Gasteiger partial charge >= 0.3 is 0 Å². The van der Waals surface area contributed by atoms with Crippen LogP contribution in [0, 0.1) is 5.82 Å². The molecule has 0 saturated carbocycles. The number of carbonyl (C=O) groups excluding carboxylic acids is 1. The van der Waals surface area contributed by atoms with Crippen LogP contribution in [0.2, 0.25) is 10.0 Å². The molecule has 2 aromatic carbocycles. The van der Waals surface area contributed by atoms with Crippen molar-refractivity contribution in [2.24, 2.45) is 0 Å². The van der Waals surface area contributed by atoms with Crippen LogP contribution in [0.4, 0.5) is 4.39 Å². The Morgan fingerprint density at radius 1 is 1.00 bits per heavy atom. The van der Waals surface area contributed by atoms with Gasteiger partial charge in [-0.3, -0.25) is 4.79 Å². The van der Waals surface area contributed by atoms with Gasteiger partial charge in [0.15, 0.2) is 0 Å². The van der Waals surface area contributed by atoms with Gasteiger partial charge in [-0.05, 0) is 24.1 Å². The molecule has 154 valence electrons. The topological polar surface area (TPSA) is 48.0 Å². The van der Waals surface area contributed by atoms with Crippen LogP contribution in [0.25, 0.3) is 5.57 Å². The van der Waals surface area contributed by atoms with Crippen molar-refractivity contribution in [2.45, 2.75) is 6.42 Å². The average molecular weight is 440 g/mol. The Labute approximate surface area is 178 Å². The monoisotopic (exact) mass is 439 g/mol. The van der Waals surface area contributed by atoms with Crippen LogP contribution in [0.15, 0.2) is 30.3 Å². The first-order valence-electron chi connectivity index (χ1n) is 8.82. The first kappa shape index (κ1) is 21.3. The first-order valence-corrected chi connectivity index (χ1v) is 9.58. The number of nitrogens with zero attached hydrogens (tertiary/aromatic N) is 1. The molecule has 5 nitrogen and oxygen atoms in total. The molecule has 0 unspecified atom stereocenters. The second-order valence-electron chi connectivity index (χ2n) is 6.38. The van der Waals surface area contributed by atoms with Gasteiger partial charge in [-0.25, -0.2) is 4.39 Å². The molecule has 0 aromatic heterocycles. The fraction of sp³-hybridized carbons (Fsp3) is 0.286. The second-order valence-corrected chi connectivity index (χ2v) is 7.20. The molecule has 8 heteroatoms. The largest absolute Gasteiger partial charge is 0.496 e. The number of hydrogen-bond acceptors (Lipinski definition) is 4. The second kappa shape index (κ2) is 8.93. The maximum Gasteiger partial charge on any atom is 0.255 e. The molecule has 0 N–H and O–H groups in total. The molecular weight excluding hydrogens is 420 g/mol. The summed E-state index contributed by atoms with van der Waals surface area (Å²) in [4.78, 5) is 14.4. The molecule has 3 rings (SSSR count). The molecule has 0 spiro atoms. The summed E-state index contributed by atoms with van der Waals surface area (Å²) in [5.41, 5.74) is 1.89. The van der Waals surface area contributed by atoms with Crippen molar-refractivity contribution in [3.05, 3.63) is 57.3 Å². The van der Waals surface area contributed by atoms with Crippen molar-refractivity contribution in [1.29, 1.82) is 0 Å². The lowest BCUT2D eigenvalue weighted by atomic mass is 9.96. The molecule has 0 radical (unpaired) electrons. The van der Waals surface area contributed by atoms with E-state index in [1.807, 2.05) is 6.08 Å². The Hall–Kier alpha value is -2.44. The fourth-order valence-corrected chi connectivity index (χ4v) is 3.72. The highest BCUT2D eigenvalue weighted by atomic mass is 35.5. The van der Waals surface area contributed by atoms with E-state index < -0.39 is 5.82 Å². The van der Waals surface area contributed by atoms with Gasteiger partial charge in [-0.1, -0.05) is 29.3 Å². The smallest absolute Gasteiger partial charge is 0.255 e.